The molecule has 0 aromatic heterocycles. The number of carbonyl (C=O) groups is 1. The Balaban J connectivity index is 0.00000242. The molecule has 124 valence electrons. The van der Waals surface area contributed by atoms with Crippen molar-refractivity contribution in [1.29, 1.82) is 0 Å². The summed E-state index contributed by atoms with van der Waals surface area (Å²) >= 11 is 0. The van der Waals surface area contributed by atoms with Gasteiger partial charge in [0, 0.05) is 13.1 Å². The molecular weight excluding hydrogens is 304 g/mol. The van der Waals surface area contributed by atoms with E-state index >= 15 is 0 Å². The van der Waals surface area contributed by atoms with E-state index < -0.39 is 6.04 Å². The molecule has 5 nitrogen and oxygen atoms in total. The maximum absolute atomic E-state index is 12.0. The highest BCUT2D eigenvalue weighted by Crippen LogP contribution is 2.33. The van der Waals surface area contributed by atoms with Crippen LogP contribution in [-0.4, -0.2) is 36.6 Å². The number of hydrogen-bond acceptors (Lipinski definition) is 4. The summed E-state index contributed by atoms with van der Waals surface area (Å²) in [7, 11) is 0. The van der Waals surface area contributed by atoms with Gasteiger partial charge < -0.3 is 20.1 Å². The van der Waals surface area contributed by atoms with Crippen LogP contribution in [0.15, 0.2) is 12.1 Å². The molecule has 0 bridgehead atoms. The van der Waals surface area contributed by atoms with Gasteiger partial charge in [0.25, 0.3) is 0 Å². The molecule has 1 amide bonds. The number of halogens is 1. The molecule has 0 aliphatic carbocycles. The molecule has 0 saturated heterocycles. The molecule has 0 saturated carbocycles. The molecule has 6 heteroatoms. The van der Waals surface area contributed by atoms with Crippen LogP contribution < -0.4 is 15.2 Å². The second-order valence-corrected chi connectivity index (χ2v) is 5.23. The highest BCUT2D eigenvalue weighted by Gasteiger charge is 2.24. The van der Waals surface area contributed by atoms with Gasteiger partial charge in [-0.2, -0.15) is 0 Å². The van der Waals surface area contributed by atoms with Gasteiger partial charge in [-0.25, -0.2) is 0 Å². The third-order valence-corrected chi connectivity index (χ3v) is 3.58. The van der Waals surface area contributed by atoms with E-state index in [1.165, 1.54) is 5.56 Å². The first-order valence-electron chi connectivity index (χ1n) is 7.52. The molecule has 0 radical (unpaired) electrons. The second kappa shape index (κ2) is 8.25. The third-order valence-electron chi connectivity index (χ3n) is 3.58. The molecule has 22 heavy (non-hydrogen) atoms. The van der Waals surface area contributed by atoms with E-state index in [9.17, 15) is 4.79 Å². The van der Waals surface area contributed by atoms with E-state index in [1.807, 2.05) is 30.9 Å². The van der Waals surface area contributed by atoms with Gasteiger partial charge in [-0.15, -0.1) is 12.4 Å². The predicted octanol–water partition coefficient (Wildman–Crippen LogP) is 2.14. The summed E-state index contributed by atoms with van der Waals surface area (Å²) in [5.41, 5.74) is 8.02. The number of hydrogen-bond donors (Lipinski definition) is 1. The van der Waals surface area contributed by atoms with Gasteiger partial charge in [0.05, 0.1) is 19.3 Å². The zero-order valence-electron chi connectivity index (χ0n) is 13.4. The first-order chi connectivity index (χ1) is 10.1. The fourth-order valence-electron chi connectivity index (χ4n) is 2.58. The van der Waals surface area contributed by atoms with Gasteiger partial charge in [0.1, 0.15) is 0 Å². The lowest BCUT2D eigenvalue weighted by atomic mass is 9.98. The van der Waals surface area contributed by atoms with Crippen molar-refractivity contribution in [3.63, 3.8) is 0 Å². The molecule has 2 N–H and O–H groups in total. The van der Waals surface area contributed by atoms with Crippen LogP contribution in [0.1, 0.15) is 31.9 Å². The van der Waals surface area contributed by atoms with Gasteiger partial charge >= 0.3 is 0 Å². The summed E-state index contributed by atoms with van der Waals surface area (Å²) in [6.45, 7) is 8.10. The van der Waals surface area contributed by atoms with Gasteiger partial charge in [-0.05, 0) is 50.5 Å². The van der Waals surface area contributed by atoms with Crippen molar-refractivity contribution < 1.29 is 14.3 Å². The summed E-state index contributed by atoms with van der Waals surface area (Å²) in [5, 5.41) is 0. The van der Waals surface area contributed by atoms with Crippen molar-refractivity contribution in [3.8, 4) is 11.5 Å². The van der Waals surface area contributed by atoms with Crippen molar-refractivity contribution in [2.45, 2.75) is 39.8 Å². The number of nitrogens with two attached hydrogens (primary N) is 1. The average Bonchev–Trinajstić information content (AvgIpc) is 2.47. The molecule has 0 spiro atoms. The third kappa shape index (κ3) is 4.05. The minimum atomic E-state index is -0.458. The number of fused-ring (bicyclic) bond motifs is 1. The van der Waals surface area contributed by atoms with E-state index in [0.717, 1.165) is 23.5 Å². The Bertz CT molecular complexity index is 520. The fraction of sp³-hybridized carbons (Fsp3) is 0.562. The molecule has 1 aromatic rings. The van der Waals surface area contributed by atoms with Crippen LogP contribution in [0.5, 0.6) is 11.5 Å². The van der Waals surface area contributed by atoms with E-state index in [4.69, 9.17) is 15.2 Å². The second-order valence-electron chi connectivity index (χ2n) is 5.23. The largest absolute Gasteiger partial charge is 0.490 e. The standard InChI is InChI=1S/C16H24N2O3.ClH/c1-4-20-14-8-12-6-7-18(16(19)11(3)17)10-13(12)9-15(14)21-5-2;/h8-9,11H,4-7,10,17H2,1-3H3;1H/t11-;/m1./s1. The summed E-state index contributed by atoms with van der Waals surface area (Å²) in [6.07, 6.45) is 0.820. The first-order valence-corrected chi connectivity index (χ1v) is 7.52. The van der Waals surface area contributed by atoms with Crippen molar-refractivity contribution in [3.05, 3.63) is 23.3 Å². The maximum atomic E-state index is 12.0. The van der Waals surface area contributed by atoms with Gasteiger partial charge in [-0.3, -0.25) is 4.79 Å². The summed E-state index contributed by atoms with van der Waals surface area (Å²) in [5.74, 6) is 1.52. The predicted molar refractivity (Wildman–Crippen MR) is 88.8 cm³/mol. The summed E-state index contributed by atoms with van der Waals surface area (Å²) in [4.78, 5) is 13.8. The van der Waals surface area contributed by atoms with Crippen molar-refractivity contribution in [1.82, 2.24) is 4.90 Å². The lowest BCUT2D eigenvalue weighted by Crippen LogP contribution is -2.44. The smallest absolute Gasteiger partial charge is 0.239 e. The number of rotatable bonds is 5. The van der Waals surface area contributed by atoms with E-state index in [2.05, 4.69) is 0 Å². The van der Waals surface area contributed by atoms with Crippen molar-refractivity contribution in [2.75, 3.05) is 19.8 Å². The Morgan fingerprint density at radius 1 is 1.23 bits per heavy atom. The molecule has 1 aromatic carbocycles. The maximum Gasteiger partial charge on any atom is 0.239 e. The van der Waals surface area contributed by atoms with Crippen molar-refractivity contribution >= 4 is 18.3 Å². The first kappa shape index (κ1) is 18.6. The highest BCUT2D eigenvalue weighted by atomic mass is 35.5. The van der Waals surface area contributed by atoms with Crippen LogP contribution in [0, 0.1) is 0 Å². The van der Waals surface area contributed by atoms with Crippen LogP contribution in [0.2, 0.25) is 0 Å². The minimum absolute atomic E-state index is 0. The Morgan fingerprint density at radius 2 is 1.77 bits per heavy atom. The molecule has 1 aliphatic rings. The zero-order chi connectivity index (χ0) is 15.4. The van der Waals surface area contributed by atoms with Crippen LogP contribution in [0.3, 0.4) is 0 Å². The quantitative estimate of drug-likeness (QED) is 0.899. The minimum Gasteiger partial charge on any atom is -0.490 e. The summed E-state index contributed by atoms with van der Waals surface area (Å²) in [6, 6.07) is 3.57. The van der Waals surface area contributed by atoms with Crippen LogP contribution in [0.25, 0.3) is 0 Å². The number of carbonyl (C=O) groups excluding carboxylic acids is 1. The van der Waals surface area contributed by atoms with Crippen LogP contribution in [-0.2, 0) is 17.8 Å². The topological polar surface area (TPSA) is 64.8 Å². The lowest BCUT2D eigenvalue weighted by molar-refractivity contribution is -0.133. The van der Waals surface area contributed by atoms with Gasteiger partial charge in [-0.1, -0.05) is 0 Å². The average molecular weight is 329 g/mol. The number of ether oxygens (including phenoxy) is 2. The highest BCUT2D eigenvalue weighted by molar-refractivity contribution is 5.85. The van der Waals surface area contributed by atoms with Gasteiger partial charge in [0.15, 0.2) is 11.5 Å². The Kier molecular flexibility index (Phi) is 6.97. The number of nitrogens with zero attached hydrogens (tertiary/aromatic N) is 1. The molecule has 1 heterocycles. The molecular formula is C16H25ClN2O3. The Morgan fingerprint density at radius 3 is 2.27 bits per heavy atom. The monoisotopic (exact) mass is 328 g/mol. The SMILES string of the molecule is CCOc1cc2c(cc1OCC)CN(C(=O)[C@@H](C)N)CC2.Cl. The lowest BCUT2D eigenvalue weighted by Gasteiger charge is -2.30. The Labute approximate surface area is 138 Å². The molecule has 0 unspecified atom stereocenters. The Hall–Kier alpha value is -1.46. The summed E-state index contributed by atoms with van der Waals surface area (Å²) < 4.78 is 11.3. The normalized spacial score (nSPS) is 14.6. The molecule has 0 fully saturated rings. The van der Waals surface area contributed by atoms with E-state index in [1.54, 1.807) is 6.92 Å². The van der Waals surface area contributed by atoms with E-state index in [0.29, 0.717) is 26.3 Å². The fourth-order valence-corrected chi connectivity index (χ4v) is 2.58. The van der Waals surface area contributed by atoms with E-state index in [-0.39, 0.29) is 18.3 Å². The van der Waals surface area contributed by atoms with Crippen LogP contribution >= 0.6 is 12.4 Å². The number of benzene rings is 1. The molecule has 1 atom stereocenters. The number of amides is 1. The van der Waals surface area contributed by atoms with Gasteiger partial charge in [0.2, 0.25) is 5.91 Å². The molecule has 1 aliphatic heterocycles. The van der Waals surface area contributed by atoms with Crippen LogP contribution in [0.4, 0.5) is 0 Å². The zero-order valence-corrected chi connectivity index (χ0v) is 14.2. The molecule has 2 rings (SSSR count). The van der Waals surface area contributed by atoms with Crippen molar-refractivity contribution in [2.24, 2.45) is 5.73 Å².